The average Bonchev–Trinajstić information content (AvgIpc) is 2.94. The zero-order valence-corrected chi connectivity index (χ0v) is 11.4. The van der Waals surface area contributed by atoms with Gasteiger partial charge in [0.05, 0.1) is 5.56 Å². The third kappa shape index (κ3) is 3.19. The normalized spacial score (nSPS) is 13.8. The largest absolute Gasteiger partial charge is 0.339 e. The number of benzene rings is 1. The van der Waals surface area contributed by atoms with E-state index in [-0.39, 0.29) is 11.7 Å². The van der Waals surface area contributed by atoms with Crippen LogP contribution in [0, 0.1) is 0 Å². The van der Waals surface area contributed by atoms with E-state index in [4.69, 9.17) is 0 Å². The molecule has 2 rings (SSSR count). The van der Waals surface area contributed by atoms with Gasteiger partial charge in [-0.1, -0.05) is 32.0 Å². The highest BCUT2D eigenvalue weighted by atomic mass is 16.2. The van der Waals surface area contributed by atoms with Crippen LogP contribution in [-0.2, 0) is 0 Å². The van der Waals surface area contributed by atoms with E-state index in [1.165, 1.54) is 6.92 Å². The zero-order valence-electron chi connectivity index (χ0n) is 11.4. The molecular weight excluding hydrogens is 226 g/mol. The van der Waals surface area contributed by atoms with E-state index in [9.17, 15) is 9.59 Å². The number of carbonyl (C=O) groups excluding carboxylic acids is 2. The first-order valence-electron chi connectivity index (χ1n) is 6.59. The Labute approximate surface area is 109 Å². The van der Waals surface area contributed by atoms with Gasteiger partial charge in [0.25, 0.3) is 5.91 Å². The van der Waals surface area contributed by atoms with Crippen LogP contribution in [0.1, 0.15) is 54.3 Å². The summed E-state index contributed by atoms with van der Waals surface area (Å²) >= 11 is 0. The molecule has 0 saturated carbocycles. The van der Waals surface area contributed by atoms with E-state index in [1.54, 1.807) is 24.3 Å². The number of carbonyl (C=O) groups is 2. The summed E-state index contributed by atoms with van der Waals surface area (Å²) in [5.41, 5.74) is 1.07. The predicted octanol–water partition coefficient (Wildman–Crippen LogP) is 3.15. The Morgan fingerprint density at radius 3 is 2.00 bits per heavy atom. The summed E-state index contributed by atoms with van der Waals surface area (Å²) in [7, 11) is 0. The second kappa shape index (κ2) is 6.94. The lowest BCUT2D eigenvalue weighted by molar-refractivity contribution is 0.0787. The summed E-state index contributed by atoms with van der Waals surface area (Å²) in [6, 6.07) is 7.04. The molecule has 1 aromatic rings. The predicted molar refractivity (Wildman–Crippen MR) is 72.9 cm³/mol. The lowest BCUT2D eigenvalue weighted by Crippen LogP contribution is -2.28. The van der Waals surface area contributed by atoms with E-state index in [2.05, 4.69) is 0 Å². The highest BCUT2D eigenvalue weighted by molar-refractivity contribution is 6.07. The van der Waals surface area contributed by atoms with E-state index in [0.29, 0.717) is 11.1 Å². The molecule has 1 aromatic carbocycles. The van der Waals surface area contributed by atoms with Gasteiger partial charge in [-0.3, -0.25) is 9.59 Å². The monoisotopic (exact) mass is 247 g/mol. The van der Waals surface area contributed by atoms with E-state index in [0.717, 1.165) is 25.9 Å². The molecule has 0 radical (unpaired) electrons. The smallest absolute Gasteiger partial charge is 0.254 e. The van der Waals surface area contributed by atoms with E-state index < -0.39 is 0 Å². The fraction of sp³-hybridized carbons (Fsp3) is 0.467. The van der Waals surface area contributed by atoms with Crippen LogP contribution in [0.4, 0.5) is 0 Å². The number of Topliss-reactive ketones (excluding diaryl/α,β-unsaturated/α-hetero) is 1. The molecule has 0 spiro atoms. The number of rotatable bonds is 2. The second-order valence-corrected chi connectivity index (χ2v) is 4.10. The van der Waals surface area contributed by atoms with Crippen LogP contribution >= 0.6 is 0 Å². The summed E-state index contributed by atoms with van der Waals surface area (Å²) < 4.78 is 0. The number of ketones is 1. The first kappa shape index (κ1) is 14.4. The van der Waals surface area contributed by atoms with Crippen LogP contribution < -0.4 is 0 Å². The van der Waals surface area contributed by atoms with Crippen molar-refractivity contribution in [2.75, 3.05) is 13.1 Å². The van der Waals surface area contributed by atoms with Gasteiger partial charge >= 0.3 is 0 Å². The van der Waals surface area contributed by atoms with E-state index in [1.807, 2.05) is 18.7 Å². The summed E-state index contributed by atoms with van der Waals surface area (Å²) in [6.45, 7) is 7.12. The highest BCUT2D eigenvalue weighted by Crippen LogP contribution is 2.16. The molecule has 1 fully saturated rings. The van der Waals surface area contributed by atoms with Crippen molar-refractivity contribution in [2.45, 2.75) is 33.6 Å². The maximum Gasteiger partial charge on any atom is 0.254 e. The Morgan fingerprint density at radius 2 is 1.50 bits per heavy atom. The first-order valence-corrected chi connectivity index (χ1v) is 6.59. The number of amides is 1. The van der Waals surface area contributed by atoms with E-state index >= 15 is 0 Å². The van der Waals surface area contributed by atoms with Crippen LogP contribution in [0.15, 0.2) is 24.3 Å². The maximum atomic E-state index is 12.1. The minimum Gasteiger partial charge on any atom is -0.339 e. The molecule has 1 amide bonds. The first-order chi connectivity index (χ1) is 8.70. The molecule has 3 heteroatoms. The van der Waals surface area contributed by atoms with Gasteiger partial charge in [0.15, 0.2) is 5.78 Å². The number of hydrogen-bond donors (Lipinski definition) is 0. The van der Waals surface area contributed by atoms with Crippen molar-refractivity contribution in [3.8, 4) is 0 Å². The molecule has 98 valence electrons. The average molecular weight is 247 g/mol. The van der Waals surface area contributed by atoms with Gasteiger partial charge in [-0.15, -0.1) is 0 Å². The minimum absolute atomic E-state index is 0.0108. The third-order valence-electron chi connectivity index (χ3n) is 2.93. The molecule has 18 heavy (non-hydrogen) atoms. The van der Waals surface area contributed by atoms with Crippen molar-refractivity contribution in [3.05, 3.63) is 35.4 Å². The second-order valence-electron chi connectivity index (χ2n) is 4.10. The molecule has 1 aliphatic heterocycles. The summed E-state index contributed by atoms with van der Waals surface area (Å²) in [5, 5.41) is 0. The molecule has 3 nitrogen and oxygen atoms in total. The van der Waals surface area contributed by atoms with Crippen LogP contribution in [0.3, 0.4) is 0 Å². The molecule has 1 heterocycles. The topological polar surface area (TPSA) is 37.4 Å². The third-order valence-corrected chi connectivity index (χ3v) is 2.93. The quantitative estimate of drug-likeness (QED) is 0.753. The van der Waals surface area contributed by atoms with Crippen molar-refractivity contribution in [2.24, 2.45) is 0 Å². The van der Waals surface area contributed by atoms with Crippen molar-refractivity contribution in [1.29, 1.82) is 0 Å². The lowest BCUT2D eigenvalue weighted by Gasteiger charge is -2.16. The maximum absolute atomic E-state index is 12.1. The van der Waals surface area contributed by atoms with Crippen LogP contribution in [0.25, 0.3) is 0 Å². The van der Waals surface area contributed by atoms with Gasteiger partial charge in [-0.25, -0.2) is 0 Å². The van der Waals surface area contributed by atoms with Crippen molar-refractivity contribution < 1.29 is 9.59 Å². The van der Waals surface area contributed by atoms with Crippen molar-refractivity contribution in [1.82, 2.24) is 4.90 Å². The Bertz CT molecular complexity index is 420. The molecule has 1 aliphatic rings. The van der Waals surface area contributed by atoms with Crippen molar-refractivity contribution in [3.63, 3.8) is 0 Å². The molecule has 0 aromatic heterocycles. The van der Waals surface area contributed by atoms with Crippen LogP contribution in [-0.4, -0.2) is 29.7 Å². The van der Waals surface area contributed by atoms with Gasteiger partial charge in [-0.05, 0) is 25.8 Å². The zero-order chi connectivity index (χ0) is 13.5. The van der Waals surface area contributed by atoms with Gasteiger partial charge in [0.1, 0.15) is 0 Å². The summed E-state index contributed by atoms with van der Waals surface area (Å²) in [5.74, 6) is -0.0635. The lowest BCUT2D eigenvalue weighted by atomic mass is 10.0. The standard InChI is InChI=1S/C13H15NO2.C2H6/c1-10(15)11-6-2-3-7-12(11)13(16)14-8-4-5-9-14;1-2/h2-3,6-7H,4-5,8-9H2,1H3;1-2H3. The Hall–Kier alpha value is -1.64. The highest BCUT2D eigenvalue weighted by Gasteiger charge is 2.22. The number of hydrogen-bond acceptors (Lipinski definition) is 2. The van der Waals surface area contributed by atoms with Crippen LogP contribution in [0.5, 0.6) is 0 Å². The van der Waals surface area contributed by atoms with Gasteiger partial charge < -0.3 is 4.90 Å². The fourth-order valence-corrected chi connectivity index (χ4v) is 2.07. The molecule has 0 N–H and O–H groups in total. The molecule has 0 atom stereocenters. The van der Waals surface area contributed by atoms with Crippen molar-refractivity contribution >= 4 is 11.7 Å². The molecule has 1 saturated heterocycles. The Balaban J connectivity index is 0.000000771. The Morgan fingerprint density at radius 1 is 1.00 bits per heavy atom. The fourth-order valence-electron chi connectivity index (χ4n) is 2.07. The summed E-state index contributed by atoms with van der Waals surface area (Å²) in [4.78, 5) is 25.4. The van der Waals surface area contributed by atoms with Gasteiger partial charge in [0.2, 0.25) is 0 Å². The van der Waals surface area contributed by atoms with Crippen LogP contribution in [0.2, 0.25) is 0 Å². The minimum atomic E-state index is -0.0526. The summed E-state index contributed by atoms with van der Waals surface area (Å²) in [6.07, 6.45) is 2.13. The molecular formula is C15H21NO2. The molecule has 0 aliphatic carbocycles. The molecule has 0 unspecified atom stereocenters. The SMILES string of the molecule is CC.CC(=O)c1ccccc1C(=O)N1CCCC1. The van der Waals surface area contributed by atoms with Gasteiger partial charge in [-0.2, -0.15) is 0 Å². The molecule has 0 bridgehead atoms. The Kier molecular flexibility index (Phi) is 5.56. The van der Waals surface area contributed by atoms with Gasteiger partial charge in [0, 0.05) is 18.7 Å². The number of nitrogens with zero attached hydrogens (tertiary/aromatic N) is 1. The number of likely N-dealkylation sites (tertiary alicyclic amines) is 1.